The topological polar surface area (TPSA) is 72.3 Å². The Balaban J connectivity index is 0. The quantitative estimate of drug-likeness (QED) is 0.686. The van der Waals surface area contributed by atoms with Gasteiger partial charge in [0.05, 0.1) is 0 Å². The molecule has 3 nitrogen and oxygen atoms in total. The van der Waals surface area contributed by atoms with Crippen LogP contribution >= 0.6 is 0 Å². The summed E-state index contributed by atoms with van der Waals surface area (Å²) in [5.41, 5.74) is 0.928. The van der Waals surface area contributed by atoms with Gasteiger partial charge in [-0.3, -0.25) is 0 Å². The minimum atomic E-state index is 0. The van der Waals surface area contributed by atoms with Crippen LogP contribution in [0.15, 0.2) is 36.9 Å². The van der Waals surface area contributed by atoms with Crippen molar-refractivity contribution in [1.29, 1.82) is 0 Å². The summed E-state index contributed by atoms with van der Waals surface area (Å²) in [7, 11) is 0. The molecule has 0 unspecified atom stereocenters. The second kappa shape index (κ2) is 8.49. The van der Waals surface area contributed by atoms with E-state index in [4.69, 9.17) is 4.79 Å². The summed E-state index contributed by atoms with van der Waals surface area (Å²) in [5.74, 6) is 0.349. The van der Waals surface area contributed by atoms with E-state index in [0.717, 1.165) is 12.0 Å². The molecule has 0 fully saturated rings. The van der Waals surface area contributed by atoms with Gasteiger partial charge in [0.25, 0.3) is 0 Å². The SMILES string of the molecule is C=CCc1ccccc1O.C=O.N. The fourth-order valence-electron chi connectivity index (χ4n) is 0.839. The summed E-state index contributed by atoms with van der Waals surface area (Å²) in [6.45, 7) is 5.59. The third-order valence-electron chi connectivity index (χ3n) is 1.36. The van der Waals surface area contributed by atoms with Gasteiger partial charge in [-0.15, -0.1) is 6.58 Å². The van der Waals surface area contributed by atoms with Crippen LogP contribution in [0.2, 0.25) is 0 Å². The van der Waals surface area contributed by atoms with Crippen molar-refractivity contribution >= 4 is 6.79 Å². The smallest absolute Gasteiger partial charge is 0.119 e. The van der Waals surface area contributed by atoms with E-state index in [1.165, 1.54) is 0 Å². The highest BCUT2D eigenvalue weighted by Crippen LogP contribution is 2.15. The van der Waals surface area contributed by atoms with Crippen LogP contribution in [0.3, 0.4) is 0 Å². The normalized spacial score (nSPS) is 7.38. The monoisotopic (exact) mass is 181 g/mol. The molecule has 4 N–H and O–H groups in total. The Morgan fingerprint density at radius 1 is 1.31 bits per heavy atom. The summed E-state index contributed by atoms with van der Waals surface area (Å²) < 4.78 is 0. The Kier molecular flexibility index (Phi) is 9.10. The highest BCUT2D eigenvalue weighted by molar-refractivity contribution is 5.32. The van der Waals surface area contributed by atoms with Gasteiger partial charge in [0.2, 0.25) is 0 Å². The van der Waals surface area contributed by atoms with E-state index < -0.39 is 0 Å². The number of benzene rings is 1. The van der Waals surface area contributed by atoms with E-state index >= 15 is 0 Å². The summed E-state index contributed by atoms with van der Waals surface area (Å²) >= 11 is 0. The average molecular weight is 181 g/mol. The standard InChI is InChI=1S/C9H10O.CH2O.H3N/c1-2-5-8-6-3-4-7-9(8)10;1-2;/h2-4,6-7,10H,1,5H2;1H2;1H3. The fraction of sp³-hybridized carbons (Fsp3) is 0.100. The predicted octanol–water partition coefficient (Wildman–Crippen LogP) is 2.10. The number of phenolic OH excluding ortho intramolecular Hbond substituents is 1. The van der Waals surface area contributed by atoms with Crippen LogP contribution in [0.5, 0.6) is 5.75 Å². The largest absolute Gasteiger partial charge is 0.508 e. The van der Waals surface area contributed by atoms with Gasteiger partial charge in [0.1, 0.15) is 12.5 Å². The van der Waals surface area contributed by atoms with Crippen LogP contribution in [0.1, 0.15) is 5.56 Å². The van der Waals surface area contributed by atoms with Gasteiger partial charge in [0, 0.05) is 0 Å². The van der Waals surface area contributed by atoms with Gasteiger partial charge >= 0.3 is 0 Å². The molecular formula is C10H15NO2. The lowest BCUT2D eigenvalue weighted by Gasteiger charge is -1.97. The molecule has 0 atom stereocenters. The van der Waals surface area contributed by atoms with Crippen LogP contribution in [-0.2, 0) is 11.2 Å². The van der Waals surface area contributed by atoms with Crippen molar-refractivity contribution < 1.29 is 9.90 Å². The van der Waals surface area contributed by atoms with E-state index in [1.807, 2.05) is 25.0 Å². The summed E-state index contributed by atoms with van der Waals surface area (Å²) in [6.07, 6.45) is 2.50. The number of hydrogen-bond acceptors (Lipinski definition) is 3. The maximum atomic E-state index is 9.19. The number of aromatic hydroxyl groups is 1. The van der Waals surface area contributed by atoms with Crippen molar-refractivity contribution in [2.45, 2.75) is 6.42 Å². The molecule has 0 saturated heterocycles. The molecule has 1 aromatic rings. The van der Waals surface area contributed by atoms with E-state index in [2.05, 4.69) is 6.58 Å². The van der Waals surface area contributed by atoms with E-state index in [1.54, 1.807) is 12.1 Å². The van der Waals surface area contributed by atoms with Crippen LogP contribution < -0.4 is 6.15 Å². The maximum Gasteiger partial charge on any atom is 0.119 e. The third kappa shape index (κ3) is 4.76. The molecule has 1 aromatic carbocycles. The lowest BCUT2D eigenvalue weighted by Crippen LogP contribution is -1.79. The molecule has 3 heteroatoms. The zero-order chi connectivity index (χ0) is 9.40. The first-order chi connectivity index (χ1) is 5.84. The minimum absolute atomic E-state index is 0. The first kappa shape index (κ1) is 13.9. The van der Waals surface area contributed by atoms with Crippen LogP contribution in [-0.4, -0.2) is 11.9 Å². The number of rotatable bonds is 2. The zero-order valence-electron chi connectivity index (χ0n) is 7.57. The number of carbonyl (C=O) groups excluding carboxylic acids is 1. The van der Waals surface area contributed by atoms with E-state index in [0.29, 0.717) is 5.75 Å². The maximum absolute atomic E-state index is 9.19. The Bertz CT molecular complexity index is 248. The average Bonchev–Trinajstić information content (AvgIpc) is 2.13. The molecular weight excluding hydrogens is 166 g/mol. The molecule has 0 saturated carbocycles. The number of hydrogen-bond donors (Lipinski definition) is 2. The van der Waals surface area contributed by atoms with Crippen LogP contribution in [0.4, 0.5) is 0 Å². The lowest BCUT2D eigenvalue weighted by molar-refractivity contribution is -0.0979. The van der Waals surface area contributed by atoms with Crippen molar-refractivity contribution in [3.8, 4) is 5.75 Å². The Morgan fingerprint density at radius 3 is 2.31 bits per heavy atom. The van der Waals surface area contributed by atoms with Crippen LogP contribution in [0, 0.1) is 0 Å². The molecule has 0 spiro atoms. The number of allylic oxidation sites excluding steroid dienone is 1. The van der Waals surface area contributed by atoms with Crippen molar-refractivity contribution in [3.05, 3.63) is 42.5 Å². The third-order valence-corrected chi connectivity index (χ3v) is 1.36. The molecule has 72 valence electrons. The second-order valence-corrected chi connectivity index (χ2v) is 2.12. The summed E-state index contributed by atoms with van der Waals surface area (Å²) in [5, 5.41) is 9.19. The van der Waals surface area contributed by atoms with Crippen LogP contribution in [0.25, 0.3) is 0 Å². The van der Waals surface area contributed by atoms with Gasteiger partial charge in [-0.2, -0.15) is 0 Å². The van der Waals surface area contributed by atoms with Gasteiger partial charge in [0.15, 0.2) is 0 Å². The fourth-order valence-corrected chi connectivity index (χ4v) is 0.839. The Labute approximate surface area is 78.3 Å². The van der Waals surface area contributed by atoms with Gasteiger partial charge in [-0.05, 0) is 18.1 Å². The molecule has 0 heterocycles. The zero-order valence-corrected chi connectivity index (χ0v) is 7.57. The van der Waals surface area contributed by atoms with E-state index in [-0.39, 0.29) is 6.15 Å². The lowest BCUT2D eigenvalue weighted by atomic mass is 10.1. The second-order valence-electron chi connectivity index (χ2n) is 2.12. The highest BCUT2D eigenvalue weighted by Gasteiger charge is 1.93. The first-order valence-corrected chi connectivity index (χ1v) is 3.51. The highest BCUT2D eigenvalue weighted by atomic mass is 16.3. The summed E-state index contributed by atoms with van der Waals surface area (Å²) in [4.78, 5) is 8.00. The van der Waals surface area contributed by atoms with E-state index in [9.17, 15) is 5.11 Å². The van der Waals surface area contributed by atoms with Gasteiger partial charge in [-0.25, -0.2) is 0 Å². The predicted molar refractivity (Wildman–Crippen MR) is 54.2 cm³/mol. The van der Waals surface area contributed by atoms with Crippen molar-refractivity contribution in [1.82, 2.24) is 6.15 Å². The molecule has 13 heavy (non-hydrogen) atoms. The van der Waals surface area contributed by atoms with Gasteiger partial charge < -0.3 is 16.1 Å². The Hall–Kier alpha value is -1.61. The molecule has 0 aromatic heterocycles. The minimum Gasteiger partial charge on any atom is -0.508 e. The summed E-state index contributed by atoms with van der Waals surface area (Å²) in [6, 6.07) is 7.27. The molecule has 0 amide bonds. The molecule has 0 aliphatic rings. The van der Waals surface area contributed by atoms with Crippen molar-refractivity contribution in [2.24, 2.45) is 0 Å². The van der Waals surface area contributed by atoms with Crippen molar-refractivity contribution in [3.63, 3.8) is 0 Å². The number of carbonyl (C=O) groups is 1. The van der Waals surface area contributed by atoms with Gasteiger partial charge in [-0.1, -0.05) is 24.3 Å². The number of phenols is 1. The Morgan fingerprint density at radius 2 is 1.85 bits per heavy atom. The molecule has 0 aliphatic heterocycles. The molecule has 0 bridgehead atoms. The molecule has 0 aliphatic carbocycles. The molecule has 1 rings (SSSR count). The first-order valence-electron chi connectivity index (χ1n) is 3.51. The number of para-hydroxylation sites is 1. The molecule has 0 radical (unpaired) electrons. The van der Waals surface area contributed by atoms with Crippen molar-refractivity contribution in [2.75, 3.05) is 0 Å².